The minimum Gasteiger partial charge on any atom is -0.465 e. The van der Waals surface area contributed by atoms with Gasteiger partial charge >= 0.3 is 5.97 Å². The van der Waals surface area contributed by atoms with Crippen molar-refractivity contribution in [1.82, 2.24) is 5.32 Å². The van der Waals surface area contributed by atoms with Crippen LogP contribution in [0.4, 0.5) is 0 Å². The van der Waals surface area contributed by atoms with Crippen molar-refractivity contribution in [3.05, 3.63) is 0 Å². The number of amides is 1. The van der Waals surface area contributed by atoms with Crippen molar-refractivity contribution in [2.45, 2.75) is 47.5 Å². The van der Waals surface area contributed by atoms with Gasteiger partial charge in [-0.3, -0.25) is 9.59 Å². The zero-order valence-electron chi connectivity index (χ0n) is 10.6. The van der Waals surface area contributed by atoms with Crippen molar-refractivity contribution in [2.24, 2.45) is 0 Å². The minimum atomic E-state index is -0.412. The van der Waals surface area contributed by atoms with Crippen molar-refractivity contribution in [3.63, 3.8) is 0 Å². The summed E-state index contributed by atoms with van der Waals surface area (Å²) in [5, 5.41) is 2.18. The van der Waals surface area contributed by atoms with Crippen LogP contribution in [0.5, 0.6) is 0 Å². The molecule has 0 radical (unpaired) electrons. The maximum absolute atomic E-state index is 10.4. The van der Waals surface area contributed by atoms with Gasteiger partial charge in [-0.2, -0.15) is 0 Å². The van der Waals surface area contributed by atoms with Crippen LogP contribution in [-0.4, -0.2) is 25.5 Å². The second kappa shape index (κ2) is 23.1. The maximum Gasteiger partial charge on any atom is 0.325 e. The minimum absolute atomic E-state index is 0.0443. The van der Waals surface area contributed by atoms with Crippen molar-refractivity contribution < 1.29 is 14.3 Å². The number of hydrogen-bond acceptors (Lipinski definition) is 3. The Morgan fingerprint density at radius 3 is 1.80 bits per heavy atom. The molecule has 1 amide bonds. The predicted octanol–water partition coefficient (Wildman–Crippen LogP) is 2.13. The quantitative estimate of drug-likeness (QED) is 0.582. The van der Waals surface area contributed by atoms with Crippen molar-refractivity contribution in [3.8, 4) is 0 Å². The van der Waals surface area contributed by atoms with E-state index in [4.69, 9.17) is 0 Å². The molecule has 1 N–H and O–H groups in total. The first kappa shape index (κ1) is 19.5. The van der Waals surface area contributed by atoms with Gasteiger partial charge in [0.1, 0.15) is 6.54 Å². The second-order valence-electron chi connectivity index (χ2n) is 2.72. The van der Waals surface area contributed by atoms with E-state index in [-0.39, 0.29) is 6.54 Å². The Morgan fingerprint density at radius 2 is 1.53 bits per heavy atom. The van der Waals surface area contributed by atoms with Crippen LogP contribution in [0, 0.1) is 0 Å². The third-order valence-electron chi connectivity index (χ3n) is 0.635. The smallest absolute Gasteiger partial charge is 0.325 e. The van der Waals surface area contributed by atoms with Crippen LogP contribution in [0.25, 0.3) is 0 Å². The Kier molecular flexibility index (Phi) is 30.0. The van der Waals surface area contributed by atoms with Gasteiger partial charge in [-0.1, -0.05) is 40.5 Å². The lowest BCUT2D eigenvalue weighted by Crippen LogP contribution is -2.23. The molecule has 0 fully saturated rings. The lowest BCUT2D eigenvalue weighted by Gasteiger charge is -1.97. The SMILES string of the molecule is CCC.CCC.CCOC(=O)CNC=O. The molecule has 0 aliphatic heterocycles. The van der Waals surface area contributed by atoms with E-state index >= 15 is 0 Å². The summed E-state index contributed by atoms with van der Waals surface area (Å²) in [7, 11) is 0. The fraction of sp³-hybridized carbons (Fsp3) is 0.818. The maximum atomic E-state index is 10.4. The fourth-order valence-electron chi connectivity index (χ4n) is 0.337. The molecule has 0 spiro atoms. The first-order valence-corrected chi connectivity index (χ1v) is 5.46. The van der Waals surface area contributed by atoms with Crippen molar-refractivity contribution in [2.75, 3.05) is 13.2 Å². The van der Waals surface area contributed by atoms with E-state index in [1.807, 2.05) is 0 Å². The zero-order chi connectivity index (χ0) is 12.5. The van der Waals surface area contributed by atoms with Gasteiger partial charge in [0.15, 0.2) is 0 Å². The number of rotatable bonds is 4. The van der Waals surface area contributed by atoms with Crippen LogP contribution in [0.3, 0.4) is 0 Å². The largest absolute Gasteiger partial charge is 0.465 e. The van der Waals surface area contributed by atoms with Gasteiger partial charge in [0.25, 0.3) is 0 Å². The summed E-state index contributed by atoms with van der Waals surface area (Å²) in [4.78, 5) is 20.0. The van der Waals surface area contributed by atoms with Gasteiger partial charge in [0.2, 0.25) is 6.41 Å². The first-order chi connectivity index (χ1) is 7.14. The highest BCUT2D eigenvalue weighted by Crippen LogP contribution is 1.72. The molecular formula is C11H25NO3. The van der Waals surface area contributed by atoms with E-state index in [2.05, 4.69) is 37.7 Å². The molecule has 4 nitrogen and oxygen atoms in total. The molecule has 0 saturated carbocycles. The number of carbonyl (C=O) groups is 2. The van der Waals surface area contributed by atoms with Crippen molar-refractivity contribution >= 4 is 12.4 Å². The number of nitrogens with one attached hydrogen (secondary N) is 1. The van der Waals surface area contributed by atoms with E-state index in [0.29, 0.717) is 13.0 Å². The van der Waals surface area contributed by atoms with Gasteiger partial charge in [0, 0.05) is 0 Å². The van der Waals surface area contributed by atoms with Gasteiger partial charge in [-0.25, -0.2) is 0 Å². The molecular weight excluding hydrogens is 194 g/mol. The standard InChI is InChI=1S/C5H9NO3.2C3H8/c1-2-9-5(8)3-6-4-7;2*1-3-2/h4H,2-3H2,1H3,(H,6,7);2*3H2,1-2H3. The number of ether oxygens (including phenoxy) is 1. The Hall–Kier alpha value is -1.06. The zero-order valence-corrected chi connectivity index (χ0v) is 10.6. The van der Waals surface area contributed by atoms with Gasteiger partial charge in [-0.15, -0.1) is 0 Å². The average Bonchev–Trinajstić information content (AvgIpc) is 2.18. The van der Waals surface area contributed by atoms with E-state index in [1.54, 1.807) is 6.92 Å². The highest BCUT2D eigenvalue weighted by molar-refractivity contribution is 5.73. The Morgan fingerprint density at radius 1 is 1.13 bits per heavy atom. The number of hydrogen-bond donors (Lipinski definition) is 1. The Labute approximate surface area is 93.4 Å². The molecule has 0 unspecified atom stereocenters. The summed E-state index contributed by atoms with van der Waals surface area (Å²) in [5.74, 6) is -0.412. The highest BCUT2D eigenvalue weighted by atomic mass is 16.5. The normalized spacial score (nSPS) is 7.27. The summed E-state index contributed by atoms with van der Waals surface area (Å²) < 4.78 is 4.48. The first-order valence-electron chi connectivity index (χ1n) is 5.46. The molecule has 0 rings (SSSR count). The van der Waals surface area contributed by atoms with Gasteiger partial charge < -0.3 is 10.1 Å². The molecule has 0 aromatic rings. The second-order valence-corrected chi connectivity index (χ2v) is 2.72. The summed E-state index contributed by atoms with van der Waals surface area (Å²) in [5.41, 5.74) is 0. The molecule has 0 bridgehead atoms. The summed E-state index contributed by atoms with van der Waals surface area (Å²) >= 11 is 0. The molecule has 0 aromatic heterocycles. The van der Waals surface area contributed by atoms with Crippen molar-refractivity contribution in [1.29, 1.82) is 0 Å². The van der Waals surface area contributed by atoms with E-state index < -0.39 is 5.97 Å². The molecule has 0 aliphatic carbocycles. The summed E-state index contributed by atoms with van der Waals surface area (Å²) in [6, 6.07) is 0. The summed E-state index contributed by atoms with van der Waals surface area (Å²) in [6.45, 7) is 10.5. The molecule has 0 aromatic carbocycles. The van der Waals surface area contributed by atoms with Crippen LogP contribution < -0.4 is 5.32 Å². The number of carbonyl (C=O) groups excluding carboxylic acids is 2. The Balaban J connectivity index is -0.000000200. The van der Waals surface area contributed by atoms with Gasteiger partial charge in [-0.05, 0) is 6.92 Å². The lowest BCUT2D eigenvalue weighted by molar-refractivity contribution is -0.142. The number of esters is 1. The third kappa shape index (κ3) is 43.9. The molecule has 4 heteroatoms. The molecule has 0 heterocycles. The lowest BCUT2D eigenvalue weighted by atomic mass is 10.6. The van der Waals surface area contributed by atoms with Crippen LogP contribution in [0.1, 0.15) is 47.5 Å². The molecule has 15 heavy (non-hydrogen) atoms. The van der Waals surface area contributed by atoms with Crippen LogP contribution in [0.2, 0.25) is 0 Å². The molecule has 0 saturated heterocycles. The highest BCUT2D eigenvalue weighted by Gasteiger charge is 1.96. The molecule has 92 valence electrons. The molecule has 0 aliphatic rings. The van der Waals surface area contributed by atoms with Gasteiger partial charge in [0.05, 0.1) is 6.61 Å². The monoisotopic (exact) mass is 219 g/mol. The van der Waals surface area contributed by atoms with E-state index in [9.17, 15) is 9.59 Å². The van der Waals surface area contributed by atoms with Crippen LogP contribution in [-0.2, 0) is 14.3 Å². The predicted molar refractivity (Wildman–Crippen MR) is 62.6 cm³/mol. The fourth-order valence-corrected chi connectivity index (χ4v) is 0.337. The topological polar surface area (TPSA) is 55.4 Å². The van der Waals surface area contributed by atoms with Crippen LogP contribution >= 0.6 is 0 Å². The third-order valence-corrected chi connectivity index (χ3v) is 0.635. The Bertz CT molecular complexity index is 125. The van der Waals surface area contributed by atoms with E-state index in [1.165, 1.54) is 12.8 Å². The van der Waals surface area contributed by atoms with Crippen LogP contribution in [0.15, 0.2) is 0 Å². The van der Waals surface area contributed by atoms with E-state index in [0.717, 1.165) is 0 Å². The average molecular weight is 219 g/mol. The molecule has 0 atom stereocenters. The summed E-state index contributed by atoms with van der Waals surface area (Å²) in [6.07, 6.45) is 2.96.